The number of halogens is 1. The molecule has 9 heteroatoms. The van der Waals surface area contributed by atoms with Crippen molar-refractivity contribution in [3.8, 4) is 5.75 Å². The van der Waals surface area contributed by atoms with E-state index in [4.69, 9.17) is 9.84 Å². The maximum Gasteiger partial charge on any atom is 0.331 e. The molecule has 0 saturated carbocycles. The minimum absolute atomic E-state index is 0.157. The molecule has 6 nitrogen and oxygen atoms in total. The Labute approximate surface area is 192 Å². The fourth-order valence-electron chi connectivity index (χ4n) is 3.72. The first kappa shape index (κ1) is 24.1. The Morgan fingerprint density at radius 1 is 1.31 bits per heavy atom. The van der Waals surface area contributed by atoms with Gasteiger partial charge in [0.15, 0.2) is 0 Å². The van der Waals surface area contributed by atoms with Gasteiger partial charge in [-0.3, -0.25) is 0 Å². The van der Waals surface area contributed by atoms with Gasteiger partial charge in [-0.05, 0) is 30.9 Å². The van der Waals surface area contributed by atoms with Gasteiger partial charge in [0.25, 0.3) is 0 Å². The molecule has 0 fully saturated rings. The van der Waals surface area contributed by atoms with Crippen molar-refractivity contribution in [2.45, 2.75) is 41.5 Å². The van der Waals surface area contributed by atoms with Crippen LogP contribution < -0.4 is 9.64 Å². The van der Waals surface area contributed by atoms with Gasteiger partial charge in [0.2, 0.25) is 15.3 Å². The number of carbonyl (C=O) groups is 1. The van der Waals surface area contributed by atoms with Crippen molar-refractivity contribution in [2.24, 2.45) is 5.92 Å². The van der Waals surface area contributed by atoms with E-state index in [0.717, 1.165) is 30.9 Å². The number of unbranched alkanes of at least 4 members (excludes halogenated alkanes) is 1. The van der Waals surface area contributed by atoms with E-state index in [2.05, 4.69) is 0 Å². The summed E-state index contributed by atoms with van der Waals surface area (Å²) in [5, 5.41) is 8.80. The quantitative estimate of drug-likeness (QED) is 0.308. The van der Waals surface area contributed by atoms with Crippen LogP contribution in [0.4, 0.5) is 15.8 Å². The second-order valence-electron chi connectivity index (χ2n) is 7.47. The van der Waals surface area contributed by atoms with E-state index < -0.39 is 27.2 Å². The number of hydrogen-bond acceptors (Lipinski definition) is 6. The van der Waals surface area contributed by atoms with E-state index in [0.29, 0.717) is 17.0 Å². The number of thioether (sulfide) groups is 1. The molecule has 1 heterocycles. The van der Waals surface area contributed by atoms with Crippen LogP contribution in [0, 0.1) is 5.92 Å². The Kier molecular flexibility index (Phi) is 7.84. The average molecular weight is 480 g/mol. The van der Waals surface area contributed by atoms with Crippen LogP contribution in [0.5, 0.6) is 5.75 Å². The van der Waals surface area contributed by atoms with E-state index in [1.54, 1.807) is 12.3 Å². The first-order chi connectivity index (χ1) is 15.3. The third-order valence-corrected chi connectivity index (χ3v) is 8.01. The van der Waals surface area contributed by atoms with Gasteiger partial charge in [0.1, 0.15) is 5.75 Å². The first-order valence-electron chi connectivity index (χ1n) is 10.3. The van der Waals surface area contributed by atoms with E-state index in [9.17, 15) is 13.2 Å². The van der Waals surface area contributed by atoms with Gasteiger partial charge in [0, 0.05) is 24.2 Å². The summed E-state index contributed by atoms with van der Waals surface area (Å²) in [5.74, 6) is -1.73. The topological polar surface area (TPSA) is 83.9 Å². The molecular formula is C23H26FNO5S2. The maximum atomic E-state index is 15.5. The van der Waals surface area contributed by atoms with E-state index in [-0.39, 0.29) is 17.2 Å². The monoisotopic (exact) mass is 479 g/mol. The van der Waals surface area contributed by atoms with Crippen molar-refractivity contribution in [3.63, 3.8) is 0 Å². The maximum absolute atomic E-state index is 15.5. The molecule has 0 spiro atoms. The van der Waals surface area contributed by atoms with Gasteiger partial charge in [-0.1, -0.05) is 38.0 Å². The van der Waals surface area contributed by atoms with Crippen LogP contribution in [0.25, 0.3) is 0 Å². The normalized spacial score (nSPS) is 20.0. The fourth-order valence-corrected chi connectivity index (χ4v) is 5.96. The third kappa shape index (κ3) is 5.10. The minimum Gasteiger partial charge on any atom is -0.478 e. The second kappa shape index (κ2) is 10.4. The summed E-state index contributed by atoms with van der Waals surface area (Å²) in [6, 6.07) is 12.3. The number of nitrogens with zero attached hydrogens (tertiary/aromatic N) is 1. The van der Waals surface area contributed by atoms with Crippen molar-refractivity contribution in [1.82, 2.24) is 0 Å². The number of hydrogen-bond donors (Lipinski definition) is 1. The van der Waals surface area contributed by atoms with E-state index >= 15 is 4.39 Å². The number of benzene rings is 2. The highest BCUT2D eigenvalue weighted by molar-refractivity contribution is 7.98. The lowest BCUT2D eigenvalue weighted by molar-refractivity contribution is -0.131. The van der Waals surface area contributed by atoms with E-state index in [1.807, 2.05) is 42.2 Å². The molecule has 0 aliphatic carbocycles. The van der Waals surface area contributed by atoms with Crippen molar-refractivity contribution in [2.75, 3.05) is 17.7 Å². The summed E-state index contributed by atoms with van der Waals surface area (Å²) in [7, 11) is -4.30. The fraction of sp³-hybridized carbons (Fsp3) is 0.348. The lowest BCUT2D eigenvalue weighted by Gasteiger charge is -2.28. The highest BCUT2D eigenvalue weighted by Crippen LogP contribution is 2.45. The molecule has 1 aliphatic heterocycles. The number of carboxylic acids is 1. The smallest absolute Gasteiger partial charge is 0.331 e. The molecular weight excluding hydrogens is 453 g/mol. The number of fused-ring (bicyclic) bond motifs is 1. The van der Waals surface area contributed by atoms with Gasteiger partial charge in [-0.15, -0.1) is 11.8 Å². The highest BCUT2D eigenvalue weighted by Gasteiger charge is 2.42. The molecule has 0 unspecified atom stereocenters. The molecule has 0 saturated heterocycles. The molecule has 3 rings (SSSR count). The lowest BCUT2D eigenvalue weighted by Crippen LogP contribution is -2.31. The minimum atomic E-state index is -4.30. The Morgan fingerprint density at radius 2 is 2.03 bits per heavy atom. The molecule has 0 aromatic heterocycles. The summed E-state index contributed by atoms with van der Waals surface area (Å²) in [4.78, 5) is 13.1. The molecule has 0 bridgehead atoms. The molecule has 2 aromatic carbocycles. The van der Waals surface area contributed by atoms with Gasteiger partial charge >= 0.3 is 5.97 Å². The van der Waals surface area contributed by atoms with Gasteiger partial charge in [-0.25, -0.2) is 17.6 Å². The van der Waals surface area contributed by atoms with Crippen molar-refractivity contribution in [3.05, 3.63) is 54.8 Å². The lowest BCUT2D eigenvalue weighted by atomic mass is 10.0. The van der Waals surface area contributed by atoms with Crippen LogP contribution in [-0.2, 0) is 14.6 Å². The van der Waals surface area contributed by atoms with Crippen LogP contribution in [0.3, 0.4) is 0 Å². The van der Waals surface area contributed by atoms with Crippen molar-refractivity contribution < 1.29 is 27.4 Å². The van der Waals surface area contributed by atoms with Crippen LogP contribution in [-0.4, -0.2) is 37.8 Å². The number of ether oxygens (including phenoxy) is 1. The number of aliphatic carboxylic acids is 1. The molecule has 0 amide bonds. The number of rotatable bonds is 8. The molecule has 0 radical (unpaired) electrons. The van der Waals surface area contributed by atoms with Crippen molar-refractivity contribution in [1.29, 1.82) is 0 Å². The zero-order valence-corrected chi connectivity index (χ0v) is 19.5. The van der Waals surface area contributed by atoms with Crippen LogP contribution in [0.1, 0.15) is 26.2 Å². The number of anilines is 2. The van der Waals surface area contributed by atoms with Gasteiger partial charge in [-0.2, -0.15) is 0 Å². The Balaban J connectivity index is 2.20. The van der Waals surface area contributed by atoms with E-state index in [1.165, 1.54) is 17.8 Å². The number of para-hydroxylation sites is 1. The third-order valence-electron chi connectivity index (χ3n) is 5.33. The summed E-state index contributed by atoms with van der Waals surface area (Å²) in [6.07, 6.45) is 5.60. The predicted molar refractivity (Wildman–Crippen MR) is 124 cm³/mol. The van der Waals surface area contributed by atoms with Crippen LogP contribution >= 0.6 is 11.8 Å². The number of carboxylic acid groups (broad SMARTS) is 1. The molecule has 1 aliphatic rings. The summed E-state index contributed by atoms with van der Waals surface area (Å²) >= 11 is 1.33. The van der Waals surface area contributed by atoms with Crippen LogP contribution in [0.15, 0.2) is 64.6 Å². The Bertz CT molecular complexity index is 1090. The summed E-state index contributed by atoms with van der Waals surface area (Å²) in [5.41, 5.74) is -0.896. The SMILES string of the molecule is CCCC[C@@H]1CN(c2ccccc2)c2cc(SC)c(O/C=C/C(=O)O)cc2S(=O)(=O)[C@H]1F. The first-order valence-corrected chi connectivity index (χ1v) is 13.1. The summed E-state index contributed by atoms with van der Waals surface area (Å²) in [6.45, 7) is 2.21. The predicted octanol–water partition coefficient (Wildman–Crippen LogP) is 5.41. The zero-order valence-electron chi connectivity index (χ0n) is 17.9. The Hall–Kier alpha value is -2.52. The molecule has 32 heavy (non-hydrogen) atoms. The highest BCUT2D eigenvalue weighted by atomic mass is 32.2. The molecule has 2 aromatic rings. The zero-order chi connectivity index (χ0) is 23.3. The molecule has 172 valence electrons. The second-order valence-corrected chi connectivity index (χ2v) is 10.3. The number of alkyl halides is 1. The molecule has 2 atom stereocenters. The van der Waals surface area contributed by atoms with Crippen LogP contribution in [0.2, 0.25) is 0 Å². The summed E-state index contributed by atoms with van der Waals surface area (Å²) < 4.78 is 47.6. The van der Waals surface area contributed by atoms with Gasteiger partial charge in [0.05, 0.1) is 27.8 Å². The standard InChI is InChI=1S/C23H26FNO5S2/c1-3-4-8-16-15-25(17-9-6-5-7-10-17)18-13-20(31-2)19(30-12-11-22(26)27)14-21(18)32(28,29)23(16)24/h5-7,9-14,16,23H,3-4,8,15H2,1-2H3,(H,26,27)/b12-11+/t16-,23-/m1/s1. The van der Waals surface area contributed by atoms with Gasteiger partial charge < -0.3 is 14.7 Å². The Morgan fingerprint density at radius 3 is 2.66 bits per heavy atom. The molecule has 1 N–H and O–H groups in total. The number of sulfone groups is 1. The van der Waals surface area contributed by atoms with Crippen molar-refractivity contribution >= 4 is 38.9 Å². The largest absolute Gasteiger partial charge is 0.478 e. The average Bonchev–Trinajstić information content (AvgIpc) is 2.86.